The Hall–Kier alpha value is -3.52. The van der Waals surface area contributed by atoms with E-state index in [1.54, 1.807) is 81.8 Å². The van der Waals surface area contributed by atoms with E-state index in [1.165, 1.54) is 6.07 Å². The zero-order valence-corrected chi connectivity index (χ0v) is 19.2. The monoisotopic (exact) mass is 454 g/mol. The second-order valence-electron chi connectivity index (χ2n) is 7.25. The Labute approximate surface area is 188 Å². The summed E-state index contributed by atoms with van der Waals surface area (Å²) in [4.78, 5) is 13.0. The van der Waals surface area contributed by atoms with Gasteiger partial charge < -0.3 is 14.8 Å². The van der Waals surface area contributed by atoms with Crippen LogP contribution in [0.15, 0.2) is 71.6 Å². The third-order valence-corrected chi connectivity index (χ3v) is 6.54. The molecule has 3 rings (SSSR count). The van der Waals surface area contributed by atoms with Gasteiger partial charge in [0, 0.05) is 16.8 Å². The molecule has 0 heterocycles. The molecular weight excluding hydrogens is 428 g/mol. The first-order valence-electron chi connectivity index (χ1n) is 9.96. The minimum atomic E-state index is -3.87. The molecular formula is C24H26N2O5S. The van der Waals surface area contributed by atoms with Crippen LogP contribution in [0, 0.1) is 6.92 Å². The third kappa shape index (κ3) is 5.20. The predicted molar refractivity (Wildman–Crippen MR) is 124 cm³/mol. The number of nitrogens with one attached hydrogen (secondary N) is 2. The predicted octanol–water partition coefficient (Wildman–Crippen LogP) is 4.30. The number of carbonyl (C=O) groups excluding carboxylic acids is 1. The summed E-state index contributed by atoms with van der Waals surface area (Å²) in [6, 6.07) is 18.1. The van der Waals surface area contributed by atoms with Gasteiger partial charge in [0.15, 0.2) is 0 Å². The average molecular weight is 455 g/mol. The van der Waals surface area contributed by atoms with Crippen molar-refractivity contribution in [2.45, 2.75) is 24.8 Å². The number of benzene rings is 3. The Morgan fingerprint density at radius 3 is 2.31 bits per heavy atom. The molecule has 7 nitrogen and oxygen atoms in total. The average Bonchev–Trinajstić information content (AvgIpc) is 2.79. The normalized spacial score (nSPS) is 12.0. The fraction of sp³-hybridized carbons (Fsp3) is 0.208. The van der Waals surface area contributed by atoms with Crippen molar-refractivity contribution < 1.29 is 22.7 Å². The lowest BCUT2D eigenvalue weighted by molar-refractivity contribution is 0.0939. The second kappa shape index (κ2) is 9.74. The van der Waals surface area contributed by atoms with Gasteiger partial charge in [0.1, 0.15) is 11.5 Å². The summed E-state index contributed by atoms with van der Waals surface area (Å²) < 4.78 is 39.1. The number of para-hydroxylation sites is 1. The van der Waals surface area contributed by atoms with E-state index in [4.69, 9.17) is 9.47 Å². The molecule has 8 heteroatoms. The molecule has 0 aliphatic rings. The first-order chi connectivity index (χ1) is 15.2. The van der Waals surface area contributed by atoms with Gasteiger partial charge >= 0.3 is 0 Å². The summed E-state index contributed by atoms with van der Waals surface area (Å²) in [7, 11) is -0.752. The van der Waals surface area contributed by atoms with Gasteiger partial charge in [-0.1, -0.05) is 24.3 Å². The fourth-order valence-corrected chi connectivity index (χ4v) is 4.61. The Balaban J connectivity index is 1.85. The van der Waals surface area contributed by atoms with E-state index in [0.29, 0.717) is 22.7 Å². The third-order valence-electron chi connectivity index (χ3n) is 5.02. The van der Waals surface area contributed by atoms with E-state index in [2.05, 4.69) is 10.0 Å². The molecule has 3 aromatic carbocycles. The largest absolute Gasteiger partial charge is 0.497 e. The summed E-state index contributed by atoms with van der Waals surface area (Å²) in [6.07, 6.45) is 0. The first kappa shape index (κ1) is 23.1. The standard InChI is InChI=1S/C24H26N2O5S/c1-16-10-11-18(14-23(16)32(28,29)26-19-8-6-5-7-9-19)24(27)25-17(2)21-15-20(30-3)12-13-22(21)31-4/h5-15,17,26H,1-4H3,(H,25,27). The van der Waals surface area contributed by atoms with Crippen molar-refractivity contribution in [2.75, 3.05) is 18.9 Å². The van der Waals surface area contributed by atoms with Crippen molar-refractivity contribution in [1.29, 1.82) is 0 Å². The molecule has 3 aromatic rings. The number of ether oxygens (including phenoxy) is 2. The lowest BCUT2D eigenvalue weighted by atomic mass is 10.1. The van der Waals surface area contributed by atoms with Crippen LogP contribution in [-0.2, 0) is 10.0 Å². The molecule has 0 aliphatic carbocycles. The molecule has 0 radical (unpaired) electrons. The van der Waals surface area contributed by atoms with Crippen molar-refractivity contribution in [3.05, 3.63) is 83.4 Å². The summed E-state index contributed by atoms with van der Waals surface area (Å²) in [5.74, 6) is 0.842. The molecule has 0 fully saturated rings. The van der Waals surface area contributed by atoms with Crippen LogP contribution in [0.25, 0.3) is 0 Å². The molecule has 0 saturated carbocycles. The van der Waals surface area contributed by atoms with Crippen molar-refractivity contribution in [1.82, 2.24) is 5.32 Å². The Morgan fingerprint density at radius 1 is 0.938 bits per heavy atom. The fourth-order valence-electron chi connectivity index (χ4n) is 3.28. The van der Waals surface area contributed by atoms with Gasteiger partial charge in [-0.05, 0) is 61.9 Å². The lowest BCUT2D eigenvalue weighted by Crippen LogP contribution is -2.27. The maximum absolute atomic E-state index is 12.9. The zero-order valence-electron chi connectivity index (χ0n) is 18.4. The number of hydrogen-bond acceptors (Lipinski definition) is 5. The summed E-state index contributed by atoms with van der Waals surface area (Å²) in [5.41, 5.74) is 1.96. The molecule has 1 amide bonds. The molecule has 1 atom stereocenters. The van der Waals surface area contributed by atoms with Gasteiger partial charge in [0.05, 0.1) is 25.2 Å². The van der Waals surface area contributed by atoms with Gasteiger partial charge in [-0.15, -0.1) is 0 Å². The van der Waals surface area contributed by atoms with Gasteiger partial charge in [0.2, 0.25) is 0 Å². The maximum Gasteiger partial charge on any atom is 0.262 e. The number of carbonyl (C=O) groups is 1. The molecule has 0 bridgehead atoms. The highest BCUT2D eigenvalue weighted by molar-refractivity contribution is 7.92. The van der Waals surface area contributed by atoms with Crippen LogP contribution in [0.1, 0.15) is 34.5 Å². The highest BCUT2D eigenvalue weighted by Crippen LogP contribution is 2.29. The quantitative estimate of drug-likeness (QED) is 0.529. The van der Waals surface area contributed by atoms with Crippen molar-refractivity contribution in [3.8, 4) is 11.5 Å². The van der Waals surface area contributed by atoms with Gasteiger partial charge in [-0.3, -0.25) is 9.52 Å². The molecule has 0 saturated heterocycles. The number of methoxy groups -OCH3 is 2. The van der Waals surface area contributed by atoms with E-state index in [0.717, 1.165) is 5.56 Å². The minimum Gasteiger partial charge on any atom is -0.497 e. The summed E-state index contributed by atoms with van der Waals surface area (Å²) >= 11 is 0. The lowest BCUT2D eigenvalue weighted by Gasteiger charge is -2.19. The SMILES string of the molecule is COc1ccc(OC)c(C(C)NC(=O)c2ccc(C)c(S(=O)(=O)Nc3ccccc3)c2)c1. The summed E-state index contributed by atoms with van der Waals surface area (Å²) in [5, 5.41) is 2.90. The van der Waals surface area contributed by atoms with Gasteiger partial charge in [0.25, 0.3) is 15.9 Å². The van der Waals surface area contributed by atoms with Crippen LogP contribution in [0.5, 0.6) is 11.5 Å². The Kier molecular flexibility index (Phi) is 7.05. The minimum absolute atomic E-state index is 0.0422. The number of aryl methyl sites for hydroxylation is 1. The molecule has 0 spiro atoms. The van der Waals surface area contributed by atoms with E-state index < -0.39 is 22.0 Å². The molecule has 32 heavy (non-hydrogen) atoms. The molecule has 0 aromatic heterocycles. The highest BCUT2D eigenvalue weighted by atomic mass is 32.2. The van der Waals surface area contributed by atoms with E-state index in [9.17, 15) is 13.2 Å². The van der Waals surface area contributed by atoms with Gasteiger partial charge in [-0.25, -0.2) is 8.42 Å². The van der Waals surface area contributed by atoms with Gasteiger partial charge in [-0.2, -0.15) is 0 Å². The number of anilines is 1. The molecule has 168 valence electrons. The van der Waals surface area contributed by atoms with E-state index in [-0.39, 0.29) is 10.5 Å². The smallest absolute Gasteiger partial charge is 0.262 e. The Morgan fingerprint density at radius 2 is 1.66 bits per heavy atom. The van der Waals surface area contributed by atoms with Crippen molar-refractivity contribution in [2.24, 2.45) is 0 Å². The van der Waals surface area contributed by atoms with Crippen LogP contribution >= 0.6 is 0 Å². The van der Waals surface area contributed by atoms with Crippen molar-refractivity contribution in [3.63, 3.8) is 0 Å². The van der Waals surface area contributed by atoms with E-state index in [1.807, 2.05) is 6.92 Å². The van der Waals surface area contributed by atoms with E-state index >= 15 is 0 Å². The number of amides is 1. The van der Waals surface area contributed by atoms with Crippen LogP contribution in [0.3, 0.4) is 0 Å². The van der Waals surface area contributed by atoms with Crippen molar-refractivity contribution >= 4 is 21.6 Å². The molecule has 0 aliphatic heterocycles. The second-order valence-corrected chi connectivity index (χ2v) is 8.91. The highest BCUT2D eigenvalue weighted by Gasteiger charge is 2.21. The Bertz CT molecular complexity index is 1210. The van der Waals surface area contributed by atoms with Crippen LogP contribution in [0.4, 0.5) is 5.69 Å². The van der Waals surface area contributed by atoms with Crippen LogP contribution < -0.4 is 19.5 Å². The molecule has 2 N–H and O–H groups in total. The number of rotatable bonds is 8. The number of sulfonamides is 1. The zero-order chi connectivity index (χ0) is 23.3. The van der Waals surface area contributed by atoms with Crippen LogP contribution in [-0.4, -0.2) is 28.5 Å². The van der Waals surface area contributed by atoms with Crippen LogP contribution in [0.2, 0.25) is 0 Å². The summed E-state index contributed by atoms with van der Waals surface area (Å²) in [6.45, 7) is 3.50. The maximum atomic E-state index is 12.9. The first-order valence-corrected chi connectivity index (χ1v) is 11.4. The topological polar surface area (TPSA) is 93.7 Å². The number of hydrogen-bond donors (Lipinski definition) is 2. The molecule has 1 unspecified atom stereocenters.